The topological polar surface area (TPSA) is 0 Å². The zero-order valence-electron chi connectivity index (χ0n) is 9.52. The summed E-state index contributed by atoms with van der Waals surface area (Å²) in [6.07, 6.45) is 15.1. The van der Waals surface area contributed by atoms with E-state index in [4.69, 9.17) is 0 Å². The first-order valence-electron chi connectivity index (χ1n) is 5.36. The van der Waals surface area contributed by atoms with Crippen LogP contribution >= 0.6 is 0 Å². The first kappa shape index (κ1) is 16.1. The summed E-state index contributed by atoms with van der Waals surface area (Å²) in [7, 11) is 0. The van der Waals surface area contributed by atoms with Gasteiger partial charge in [-0.05, 0) is 0 Å². The standard InChI is InChI=1S/C12H23.Na/c1-3-5-7-9-11-12-10-8-6-4-2;/h3,5H,1,4,6-12H2,2H3;/q-1;+1. The van der Waals surface area contributed by atoms with Crippen LogP contribution in [0.2, 0.25) is 0 Å². The van der Waals surface area contributed by atoms with Gasteiger partial charge in [-0.15, -0.1) is 6.42 Å². The Morgan fingerprint density at radius 3 is 2.00 bits per heavy atom. The molecule has 1 heteroatoms. The van der Waals surface area contributed by atoms with Gasteiger partial charge in [0.2, 0.25) is 0 Å². The number of unbranched alkanes of at least 4 members (excludes halogenated alkanes) is 7. The molecule has 0 spiro atoms. The Bertz CT molecular complexity index is 97.3. The third-order valence-electron chi connectivity index (χ3n) is 2.14. The average molecular weight is 190 g/mol. The zero-order valence-corrected chi connectivity index (χ0v) is 11.5. The van der Waals surface area contributed by atoms with E-state index in [9.17, 15) is 0 Å². The third-order valence-corrected chi connectivity index (χ3v) is 2.14. The Morgan fingerprint density at radius 2 is 1.46 bits per heavy atom. The van der Waals surface area contributed by atoms with Crippen LogP contribution in [-0.2, 0) is 0 Å². The number of rotatable bonds is 8. The van der Waals surface area contributed by atoms with Crippen LogP contribution in [0.4, 0.5) is 0 Å². The van der Waals surface area contributed by atoms with Crippen LogP contribution in [0.15, 0.2) is 12.2 Å². The molecular weight excluding hydrogens is 167 g/mol. The van der Waals surface area contributed by atoms with Gasteiger partial charge in [-0.25, -0.2) is 19.1 Å². The summed E-state index contributed by atoms with van der Waals surface area (Å²) in [5.74, 6) is 0. The number of allylic oxidation sites excluding steroid dienone is 2. The van der Waals surface area contributed by atoms with Gasteiger partial charge in [-0.1, -0.05) is 51.9 Å². The molecule has 72 valence electrons. The van der Waals surface area contributed by atoms with E-state index in [1.165, 1.54) is 51.4 Å². The number of hydrogen-bond acceptors (Lipinski definition) is 0. The van der Waals surface area contributed by atoms with Crippen molar-refractivity contribution in [2.75, 3.05) is 0 Å². The Kier molecular flexibility index (Phi) is 18.6. The van der Waals surface area contributed by atoms with Gasteiger partial charge in [0.05, 0.1) is 0 Å². The molecule has 0 unspecified atom stereocenters. The van der Waals surface area contributed by atoms with Crippen LogP contribution < -0.4 is 29.6 Å². The molecule has 0 aliphatic heterocycles. The van der Waals surface area contributed by atoms with Crippen molar-refractivity contribution < 1.29 is 29.6 Å². The zero-order chi connectivity index (χ0) is 9.07. The molecule has 0 aromatic rings. The smallest absolute Gasteiger partial charge is 0.245 e. The van der Waals surface area contributed by atoms with E-state index in [2.05, 4.69) is 19.9 Å². The Hall–Kier alpha value is 0.610. The molecule has 0 atom stereocenters. The van der Waals surface area contributed by atoms with E-state index < -0.39 is 0 Å². The molecule has 0 fully saturated rings. The maximum atomic E-state index is 3.66. The minimum Gasteiger partial charge on any atom is -0.245 e. The van der Waals surface area contributed by atoms with Crippen molar-refractivity contribution in [3.8, 4) is 0 Å². The third kappa shape index (κ3) is 15.4. The Labute approximate surface area is 106 Å². The Balaban J connectivity index is 0. The molecule has 0 rings (SSSR count). The van der Waals surface area contributed by atoms with E-state index in [1.54, 1.807) is 0 Å². The fourth-order valence-corrected chi connectivity index (χ4v) is 1.34. The van der Waals surface area contributed by atoms with Gasteiger partial charge in [0, 0.05) is 0 Å². The molecule has 0 saturated heterocycles. The summed E-state index contributed by atoms with van der Waals surface area (Å²) in [6, 6.07) is 0. The summed E-state index contributed by atoms with van der Waals surface area (Å²) in [5.41, 5.74) is 0. The molecular formula is C12H23Na. The molecule has 0 bridgehead atoms. The maximum Gasteiger partial charge on any atom is 1.00 e. The SMILES string of the molecule is [CH2-]C=CCCCCCCCCC.[Na+]. The van der Waals surface area contributed by atoms with E-state index in [0.717, 1.165) is 0 Å². The second-order valence-corrected chi connectivity index (χ2v) is 3.38. The van der Waals surface area contributed by atoms with Crippen molar-refractivity contribution in [1.29, 1.82) is 0 Å². The van der Waals surface area contributed by atoms with Gasteiger partial charge >= 0.3 is 29.6 Å². The van der Waals surface area contributed by atoms with Crippen molar-refractivity contribution in [2.24, 2.45) is 0 Å². The van der Waals surface area contributed by atoms with Crippen LogP contribution in [0.5, 0.6) is 0 Å². The second kappa shape index (κ2) is 15.1. The Morgan fingerprint density at radius 1 is 0.923 bits per heavy atom. The van der Waals surface area contributed by atoms with Crippen molar-refractivity contribution in [1.82, 2.24) is 0 Å². The fraction of sp³-hybridized carbons (Fsp3) is 0.750. The molecule has 13 heavy (non-hydrogen) atoms. The van der Waals surface area contributed by atoms with Gasteiger partial charge in [-0.3, -0.25) is 0 Å². The summed E-state index contributed by atoms with van der Waals surface area (Å²) >= 11 is 0. The van der Waals surface area contributed by atoms with Gasteiger partial charge < -0.3 is 0 Å². The van der Waals surface area contributed by atoms with Crippen molar-refractivity contribution in [2.45, 2.75) is 58.3 Å². The van der Waals surface area contributed by atoms with E-state index in [-0.39, 0.29) is 29.6 Å². The largest absolute Gasteiger partial charge is 1.00 e. The molecule has 0 N–H and O–H groups in total. The van der Waals surface area contributed by atoms with Crippen LogP contribution in [0, 0.1) is 6.92 Å². The predicted octanol–water partition coefficient (Wildman–Crippen LogP) is 1.52. The minimum absolute atomic E-state index is 0. The fourth-order valence-electron chi connectivity index (χ4n) is 1.34. The summed E-state index contributed by atoms with van der Waals surface area (Å²) in [4.78, 5) is 0. The van der Waals surface area contributed by atoms with Gasteiger partial charge in [0.15, 0.2) is 0 Å². The van der Waals surface area contributed by atoms with E-state index >= 15 is 0 Å². The molecule has 0 heterocycles. The average Bonchev–Trinajstić information content (AvgIpc) is 2.10. The molecule has 0 aliphatic carbocycles. The molecule has 0 radical (unpaired) electrons. The van der Waals surface area contributed by atoms with Crippen LogP contribution in [-0.4, -0.2) is 0 Å². The van der Waals surface area contributed by atoms with E-state index in [1.807, 2.05) is 6.08 Å². The van der Waals surface area contributed by atoms with Crippen molar-refractivity contribution in [3.63, 3.8) is 0 Å². The molecule has 0 amide bonds. The molecule has 0 saturated carbocycles. The van der Waals surface area contributed by atoms with Crippen LogP contribution in [0.1, 0.15) is 58.3 Å². The summed E-state index contributed by atoms with van der Waals surface area (Å²) in [5, 5.41) is 0. The molecule has 0 aliphatic rings. The summed E-state index contributed by atoms with van der Waals surface area (Å²) in [6.45, 7) is 5.93. The molecule has 0 aromatic heterocycles. The van der Waals surface area contributed by atoms with Gasteiger partial charge in [0.1, 0.15) is 0 Å². The first-order valence-corrected chi connectivity index (χ1v) is 5.36. The van der Waals surface area contributed by atoms with Crippen LogP contribution in [0.25, 0.3) is 0 Å². The molecule has 0 aromatic carbocycles. The van der Waals surface area contributed by atoms with Crippen molar-refractivity contribution in [3.05, 3.63) is 19.1 Å². The normalized spacial score (nSPS) is 10.2. The van der Waals surface area contributed by atoms with Gasteiger partial charge in [0.25, 0.3) is 0 Å². The monoisotopic (exact) mass is 190 g/mol. The second-order valence-electron chi connectivity index (χ2n) is 3.38. The summed E-state index contributed by atoms with van der Waals surface area (Å²) < 4.78 is 0. The predicted molar refractivity (Wildman–Crippen MR) is 57.1 cm³/mol. The quantitative estimate of drug-likeness (QED) is 0.309. The van der Waals surface area contributed by atoms with Crippen molar-refractivity contribution >= 4 is 0 Å². The van der Waals surface area contributed by atoms with Gasteiger partial charge in [-0.2, -0.15) is 0 Å². The minimum atomic E-state index is 0. The first-order chi connectivity index (χ1) is 5.91. The van der Waals surface area contributed by atoms with Crippen LogP contribution in [0.3, 0.4) is 0 Å². The number of hydrogen-bond donors (Lipinski definition) is 0. The maximum absolute atomic E-state index is 3.66. The van der Waals surface area contributed by atoms with E-state index in [0.29, 0.717) is 0 Å². The molecule has 0 nitrogen and oxygen atoms in total.